The minimum absolute atomic E-state index is 0.0852. The number of ether oxygens (including phenoxy) is 2. The van der Waals surface area contributed by atoms with E-state index in [0.29, 0.717) is 17.4 Å². The van der Waals surface area contributed by atoms with E-state index in [4.69, 9.17) is 9.47 Å². The summed E-state index contributed by atoms with van der Waals surface area (Å²) < 4.78 is 11.2. The van der Waals surface area contributed by atoms with Gasteiger partial charge in [-0.25, -0.2) is 0 Å². The van der Waals surface area contributed by atoms with Gasteiger partial charge in [-0.05, 0) is 44.0 Å². The molecule has 0 bridgehead atoms. The van der Waals surface area contributed by atoms with Crippen molar-refractivity contribution in [1.82, 2.24) is 10.6 Å². The molecule has 108 valence electrons. The SMILES string of the molecule is O=C(NCC1CCNCC1)[C@H]1COc2ccccc2O1. The lowest BCUT2D eigenvalue weighted by molar-refractivity contribution is -0.130. The first-order valence-electron chi connectivity index (χ1n) is 7.20. The maximum Gasteiger partial charge on any atom is 0.264 e. The zero-order valence-electron chi connectivity index (χ0n) is 11.4. The minimum Gasteiger partial charge on any atom is -0.485 e. The molecule has 5 nitrogen and oxygen atoms in total. The van der Waals surface area contributed by atoms with Crippen molar-refractivity contribution in [3.8, 4) is 11.5 Å². The van der Waals surface area contributed by atoms with Gasteiger partial charge in [0.1, 0.15) is 6.61 Å². The van der Waals surface area contributed by atoms with Gasteiger partial charge in [0.2, 0.25) is 6.10 Å². The van der Waals surface area contributed by atoms with Crippen LogP contribution in [0.3, 0.4) is 0 Å². The Kier molecular flexibility index (Phi) is 4.06. The Bertz CT molecular complexity index is 472. The molecular formula is C15H20N2O3. The molecule has 0 unspecified atom stereocenters. The van der Waals surface area contributed by atoms with E-state index in [-0.39, 0.29) is 12.5 Å². The summed E-state index contributed by atoms with van der Waals surface area (Å²) in [5, 5.41) is 6.30. The van der Waals surface area contributed by atoms with E-state index >= 15 is 0 Å². The van der Waals surface area contributed by atoms with E-state index in [1.165, 1.54) is 0 Å². The van der Waals surface area contributed by atoms with Crippen molar-refractivity contribution in [2.24, 2.45) is 5.92 Å². The number of benzene rings is 1. The number of amides is 1. The van der Waals surface area contributed by atoms with Gasteiger partial charge in [-0.2, -0.15) is 0 Å². The first-order valence-corrected chi connectivity index (χ1v) is 7.20. The molecule has 1 aromatic rings. The van der Waals surface area contributed by atoms with Gasteiger partial charge in [-0.1, -0.05) is 12.1 Å². The highest BCUT2D eigenvalue weighted by Gasteiger charge is 2.27. The molecule has 0 radical (unpaired) electrons. The fourth-order valence-electron chi connectivity index (χ4n) is 2.59. The topological polar surface area (TPSA) is 59.6 Å². The van der Waals surface area contributed by atoms with Crippen molar-refractivity contribution >= 4 is 5.91 Å². The molecule has 1 aromatic carbocycles. The van der Waals surface area contributed by atoms with Crippen LogP contribution in [0.25, 0.3) is 0 Å². The van der Waals surface area contributed by atoms with Gasteiger partial charge in [-0.3, -0.25) is 4.79 Å². The second-order valence-corrected chi connectivity index (χ2v) is 5.30. The molecule has 20 heavy (non-hydrogen) atoms. The van der Waals surface area contributed by atoms with Crippen molar-refractivity contribution < 1.29 is 14.3 Å². The molecule has 1 atom stereocenters. The summed E-state index contributed by atoms with van der Waals surface area (Å²) in [6, 6.07) is 7.43. The van der Waals surface area contributed by atoms with Crippen LogP contribution in [0.2, 0.25) is 0 Å². The molecule has 2 heterocycles. The second-order valence-electron chi connectivity index (χ2n) is 5.30. The molecule has 1 saturated heterocycles. The van der Waals surface area contributed by atoms with Crippen LogP contribution in [-0.4, -0.2) is 38.3 Å². The van der Waals surface area contributed by atoms with Gasteiger partial charge < -0.3 is 20.1 Å². The van der Waals surface area contributed by atoms with E-state index in [1.807, 2.05) is 24.3 Å². The number of fused-ring (bicyclic) bond motifs is 1. The van der Waals surface area contributed by atoms with Gasteiger partial charge >= 0.3 is 0 Å². The summed E-state index contributed by atoms with van der Waals surface area (Å²) in [7, 11) is 0. The summed E-state index contributed by atoms with van der Waals surface area (Å²) in [5.74, 6) is 1.82. The predicted molar refractivity (Wildman–Crippen MR) is 75.0 cm³/mol. The third-order valence-corrected chi connectivity index (χ3v) is 3.82. The molecule has 0 saturated carbocycles. The van der Waals surface area contributed by atoms with Crippen LogP contribution in [0.15, 0.2) is 24.3 Å². The Hall–Kier alpha value is -1.75. The van der Waals surface area contributed by atoms with Crippen molar-refractivity contribution in [3.05, 3.63) is 24.3 Å². The molecular weight excluding hydrogens is 256 g/mol. The van der Waals surface area contributed by atoms with E-state index < -0.39 is 6.10 Å². The molecule has 0 spiro atoms. The van der Waals surface area contributed by atoms with Crippen LogP contribution < -0.4 is 20.1 Å². The summed E-state index contributed by atoms with van der Waals surface area (Å²) in [6.07, 6.45) is 1.68. The average Bonchev–Trinajstić information content (AvgIpc) is 2.53. The van der Waals surface area contributed by atoms with E-state index in [0.717, 1.165) is 32.5 Å². The molecule has 2 aliphatic heterocycles. The fourth-order valence-corrected chi connectivity index (χ4v) is 2.59. The molecule has 5 heteroatoms. The number of carbonyl (C=O) groups excluding carboxylic acids is 1. The van der Waals surface area contributed by atoms with Gasteiger partial charge in [0.25, 0.3) is 5.91 Å². The smallest absolute Gasteiger partial charge is 0.264 e. The Balaban J connectivity index is 1.51. The highest BCUT2D eigenvalue weighted by atomic mass is 16.6. The van der Waals surface area contributed by atoms with Crippen molar-refractivity contribution in [1.29, 1.82) is 0 Å². The third kappa shape index (κ3) is 3.04. The zero-order chi connectivity index (χ0) is 13.8. The number of nitrogens with one attached hydrogen (secondary N) is 2. The summed E-state index contributed by atoms with van der Waals surface area (Å²) in [4.78, 5) is 12.1. The van der Waals surface area contributed by atoms with Crippen molar-refractivity contribution in [2.75, 3.05) is 26.2 Å². The molecule has 2 N–H and O–H groups in total. The minimum atomic E-state index is -0.549. The summed E-state index contributed by atoms with van der Waals surface area (Å²) >= 11 is 0. The number of piperidine rings is 1. The number of hydrogen-bond donors (Lipinski definition) is 2. The number of carbonyl (C=O) groups is 1. The maximum atomic E-state index is 12.1. The summed E-state index contributed by atoms with van der Waals surface area (Å²) in [6.45, 7) is 3.07. The largest absolute Gasteiger partial charge is 0.485 e. The highest BCUT2D eigenvalue weighted by Crippen LogP contribution is 2.30. The van der Waals surface area contributed by atoms with Crippen molar-refractivity contribution in [3.63, 3.8) is 0 Å². The van der Waals surface area contributed by atoms with Crippen LogP contribution >= 0.6 is 0 Å². The van der Waals surface area contributed by atoms with Crippen LogP contribution in [0.1, 0.15) is 12.8 Å². The number of hydrogen-bond acceptors (Lipinski definition) is 4. The van der Waals surface area contributed by atoms with Crippen molar-refractivity contribution in [2.45, 2.75) is 18.9 Å². The number of rotatable bonds is 3. The Morgan fingerprint density at radius 2 is 2.00 bits per heavy atom. The van der Waals surface area contributed by atoms with E-state index in [2.05, 4.69) is 10.6 Å². The van der Waals surface area contributed by atoms with Crippen LogP contribution in [0, 0.1) is 5.92 Å². The van der Waals surface area contributed by atoms with E-state index in [9.17, 15) is 4.79 Å². The molecule has 2 aliphatic rings. The average molecular weight is 276 g/mol. The van der Waals surface area contributed by atoms with Crippen LogP contribution in [0.5, 0.6) is 11.5 Å². The van der Waals surface area contributed by atoms with Gasteiger partial charge in [-0.15, -0.1) is 0 Å². The Morgan fingerprint density at radius 3 is 2.80 bits per heavy atom. The van der Waals surface area contributed by atoms with Gasteiger partial charge in [0, 0.05) is 6.54 Å². The van der Waals surface area contributed by atoms with E-state index in [1.54, 1.807) is 0 Å². The maximum absolute atomic E-state index is 12.1. The van der Waals surface area contributed by atoms with Crippen LogP contribution in [0.4, 0.5) is 0 Å². The lowest BCUT2D eigenvalue weighted by atomic mass is 9.98. The number of para-hydroxylation sites is 2. The standard InChI is InChI=1S/C15H20N2O3/c18-15(17-9-11-5-7-16-8-6-11)14-10-19-12-3-1-2-4-13(12)20-14/h1-4,11,14,16H,5-10H2,(H,17,18)/t14-/m1/s1. The van der Waals surface area contributed by atoms with Crippen LogP contribution in [-0.2, 0) is 4.79 Å². The first kappa shape index (κ1) is 13.2. The first-order chi connectivity index (χ1) is 9.83. The van der Waals surface area contributed by atoms with Gasteiger partial charge in [0.15, 0.2) is 11.5 Å². The Labute approximate surface area is 118 Å². The second kappa shape index (κ2) is 6.13. The molecule has 0 aliphatic carbocycles. The Morgan fingerprint density at radius 1 is 1.25 bits per heavy atom. The summed E-state index contributed by atoms with van der Waals surface area (Å²) in [5.41, 5.74) is 0. The molecule has 0 aromatic heterocycles. The molecule has 1 amide bonds. The van der Waals surface area contributed by atoms with Gasteiger partial charge in [0.05, 0.1) is 0 Å². The molecule has 1 fully saturated rings. The highest BCUT2D eigenvalue weighted by molar-refractivity contribution is 5.81. The monoisotopic (exact) mass is 276 g/mol. The lowest BCUT2D eigenvalue weighted by Gasteiger charge is -2.27. The zero-order valence-corrected chi connectivity index (χ0v) is 11.4. The molecule has 3 rings (SSSR count). The third-order valence-electron chi connectivity index (χ3n) is 3.82. The normalized spacial score (nSPS) is 22.3. The fraction of sp³-hybridized carbons (Fsp3) is 0.533. The predicted octanol–water partition coefficient (Wildman–Crippen LogP) is 0.942. The quantitative estimate of drug-likeness (QED) is 0.862. The lowest BCUT2D eigenvalue weighted by Crippen LogP contribution is -2.46.